The molecule has 0 spiro atoms. The molecule has 1 rings (SSSR count). The number of rotatable bonds is 6. The van der Waals surface area contributed by atoms with Gasteiger partial charge in [0.05, 0.1) is 12.1 Å². The SMILES string of the molecule is CNC(C)(CO)CN(C)CC1CCCN1C. The number of nitrogens with zero attached hydrogens (tertiary/aromatic N) is 2. The molecule has 0 bridgehead atoms. The van der Waals surface area contributed by atoms with Crippen LogP contribution in [-0.4, -0.2) is 73.9 Å². The molecule has 4 nitrogen and oxygen atoms in total. The summed E-state index contributed by atoms with van der Waals surface area (Å²) in [7, 11) is 6.25. The lowest BCUT2D eigenvalue weighted by atomic mass is 10.0. The van der Waals surface area contributed by atoms with E-state index in [-0.39, 0.29) is 12.1 Å². The summed E-state index contributed by atoms with van der Waals surface area (Å²) in [6.45, 7) is 5.43. The predicted octanol–water partition coefficient (Wildman–Crippen LogP) is -0.0172. The Labute approximate surface area is 99.6 Å². The van der Waals surface area contributed by atoms with Crippen LogP contribution >= 0.6 is 0 Å². The maximum absolute atomic E-state index is 9.35. The highest BCUT2D eigenvalue weighted by Crippen LogP contribution is 2.16. The Balaban J connectivity index is 2.37. The lowest BCUT2D eigenvalue weighted by Gasteiger charge is -2.34. The van der Waals surface area contributed by atoms with Gasteiger partial charge < -0.3 is 20.2 Å². The van der Waals surface area contributed by atoms with Crippen LogP contribution in [0.2, 0.25) is 0 Å². The summed E-state index contributed by atoms with van der Waals surface area (Å²) in [6.07, 6.45) is 2.62. The molecule has 0 aromatic heterocycles. The van der Waals surface area contributed by atoms with Crippen molar-refractivity contribution >= 4 is 0 Å². The predicted molar refractivity (Wildman–Crippen MR) is 67.7 cm³/mol. The van der Waals surface area contributed by atoms with Crippen molar-refractivity contribution in [2.45, 2.75) is 31.3 Å². The van der Waals surface area contributed by atoms with E-state index in [0.29, 0.717) is 6.04 Å². The van der Waals surface area contributed by atoms with Crippen molar-refractivity contribution in [1.82, 2.24) is 15.1 Å². The van der Waals surface area contributed by atoms with E-state index in [1.807, 2.05) is 7.05 Å². The lowest BCUT2D eigenvalue weighted by molar-refractivity contribution is 0.124. The summed E-state index contributed by atoms with van der Waals surface area (Å²) >= 11 is 0. The average molecular weight is 229 g/mol. The van der Waals surface area contributed by atoms with Gasteiger partial charge in [0.2, 0.25) is 0 Å². The third kappa shape index (κ3) is 3.70. The Morgan fingerprint density at radius 1 is 1.56 bits per heavy atom. The van der Waals surface area contributed by atoms with Crippen molar-refractivity contribution < 1.29 is 5.11 Å². The van der Waals surface area contributed by atoms with Gasteiger partial charge in [0, 0.05) is 19.1 Å². The fourth-order valence-electron chi connectivity index (χ4n) is 2.44. The van der Waals surface area contributed by atoms with Crippen LogP contribution in [0.25, 0.3) is 0 Å². The number of aliphatic hydroxyl groups is 1. The molecule has 1 aliphatic heterocycles. The summed E-state index contributed by atoms with van der Waals surface area (Å²) < 4.78 is 0. The van der Waals surface area contributed by atoms with Gasteiger partial charge in [-0.05, 0) is 47.5 Å². The minimum Gasteiger partial charge on any atom is -0.394 e. The zero-order valence-corrected chi connectivity index (χ0v) is 11.2. The van der Waals surface area contributed by atoms with Crippen LogP contribution in [0.5, 0.6) is 0 Å². The molecule has 0 saturated carbocycles. The van der Waals surface area contributed by atoms with E-state index in [0.717, 1.165) is 13.1 Å². The van der Waals surface area contributed by atoms with Crippen LogP contribution in [-0.2, 0) is 0 Å². The van der Waals surface area contributed by atoms with Gasteiger partial charge in [-0.1, -0.05) is 0 Å². The maximum atomic E-state index is 9.35. The Kier molecular flexibility index (Phi) is 5.18. The van der Waals surface area contributed by atoms with Gasteiger partial charge in [-0.15, -0.1) is 0 Å². The van der Waals surface area contributed by atoms with Crippen molar-refractivity contribution in [2.24, 2.45) is 0 Å². The number of hydrogen-bond donors (Lipinski definition) is 2. The first-order chi connectivity index (χ1) is 7.50. The minimum atomic E-state index is -0.189. The van der Waals surface area contributed by atoms with Crippen LogP contribution in [0.15, 0.2) is 0 Å². The van der Waals surface area contributed by atoms with Crippen molar-refractivity contribution in [1.29, 1.82) is 0 Å². The van der Waals surface area contributed by atoms with Crippen molar-refractivity contribution in [3.8, 4) is 0 Å². The summed E-state index contributed by atoms with van der Waals surface area (Å²) in [4.78, 5) is 4.76. The maximum Gasteiger partial charge on any atom is 0.0623 e. The zero-order chi connectivity index (χ0) is 12.2. The number of likely N-dealkylation sites (tertiary alicyclic amines) is 1. The monoisotopic (exact) mass is 229 g/mol. The molecule has 16 heavy (non-hydrogen) atoms. The Morgan fingerprint density at radius 3 is 2.69 bits per heavy atom. The molecule has 1 aliphatic rings. The molecular weight excluding hydrogens is 202 g/mol. The van der Waals surface area contributed by atoms with E-state index >= 15 is 0 Å². The van der Waals surface area contributed by atoms with E-state index in [2.05, 4.69) is 36.1 Å². The lowest BCUT2D eigenvalue weighted by Crippen LogP contribution is -2.53. The summed E-state index contributed by atoms with van der Waals surface area (Å²) in [5, 5.41) is 12.5. The molecule has 1 heterocycles. The van der Waals surface area contributed by atoms with Gasteiger partial charge in [-0.2, -0.15) is 0 Å². The molecule has 96 valence electrons. The summed E-state index contributed by atoms with van der Waals surface area (Å²) in [5.41, 5.74) is -0.189. The number of hydrogen-bond acceptors (Lipinski definition) is 4. The summed E-state index contributed by atoms with van der Waals surface area (Å²) in [6, 6.07) is 0.685. The zero-order valence-electron chi connectivity index (χ0n) is 11.2. The van der Waals surface area contributed by atoms with Crippen molar-refractivity contribution in [3.05, 3.63) is 0 Å². The van der Waals surface area contributed by atoms with E-state index in [9.17, 15) is 5.11 Å². The van der Waals surface area contributed by atoms with E-state index in [1.54, 1.807) is 0 Å². The van der Waals surface area contributed by atoms with Gasteiger partial charge in [0.15, 0.2) is 0 Å². The van der Waals surface area contributed by atoms with Crippen LogP contribution in [0.3, 0.4) is 0 Å². The summed E-state index contributed by atoms with van der Waals surface area (Å²) in [5.74, 6) is 0. The van der Waals surface area contributed by atoms with E-state index in [1.165, 1.54) is 19.4 Å². The van der Waals surface area contributed by atoms with E-state index < -0.39 is 0 Å². The van der Waals surface area contributed by atoms with Gasteiger partial charge in [0.25, 0.3) is 0 Å². The first-order valence-corrected chi connectivity index (χ1v) is 6.19. The second-order valence-corrected chi connectivity index (χ2v) is 5.44. The average Bonchev–Trinajstić information content (AvgIpc) is 2.64. The molecular formula is C12H27N3O. The third-order valence-electron chi connectivity index (χ3n) is 3.77. The normalized spacial score (nSPS) is 26.2. The van der Waals surface area contributed by atoms with Crippen LogP contribution in [0.4, 0.5) is 0 Å². The highest BCUT2D eigenvalue weighted by Gasteiger charge is 2.26. The first kappa shape index (κ1) is 13.9. The van der Waals surface area contributed by atoms with Gasteiger partial charge in [0.1, 0.15) is 0 Å². The molecule has 2 N–H and O–H groups in total. The molecule has 2 unspecified atom stereocenters. The Hall–Kier alpha value is -0.160. The quantitative estimate of drug-likeness (QED) is 0.671. The topological polar surface area (TPSA) is 38.7 Å². The van der Waals surface area contributed by atoms with Crippen molar-refractivity contribution in [2.75, 3.05) is 47.4 Å². The minimum absolute atomic E-state index is 0.175. The van der Waals surface area contributed by atoms with Crippen molar-refractivity contribution in [3.63, 3.8) is 0 Å². The fraction of sp³-hybridized carbons (Fsp3) is 1.00. The van der Waals surface area contributed by atoms with Crippen LogP contribution < -0.4 is 5.32 Å². The Morgan fingerprint density at radius 2 is 2.25 bits per heavy atom. The highest BCUT2D eigenvalue weighted by molar-refractivity contribution is 4.86. The smallest absolute Gasteiger partial charge is 0.0623 e. The molecule has 0 amide bonds. The van der Waals surface area contributed by atoms with Crippen LogP contribution in [0.1, 0.15) is 19.8 Å². The molecule has 4 heteroatoms. The number of aliphatic hydroxyl groups excluding tert-OH is 1. The van der Waals surface area contributed by atoms with Gasteiger partial charge >= 0.3 is 0 Å². The second kappa shape index (κ2) is 5.96. The highest BCUT2D eigenvalue weighted by atomic mass is 16.3. The number of nitrogens with one attached hydrogen (secondary N) is 1. The molecule has 0 aromatic rings. The molecule has 2 atom stereocenters. The van der Waals surface area contributed by atoms with Gasteiger partial charge in [-0.25, -0.2) is 0 Å². The van der Waals surface area contributed by atoms with Crippen LogP contribution in [0, 0.1) is 0 Å². The fourth-order valence-corrected chi connectivity index (χ4v) is 2.44. The molecule has 0 radical (unpaired) electrons. The molecule has 1 fully saturated rings. The third-order valence-corrected chi connectivity index (χ3v) is 3.77. The molecule has 0 aliphatic carbocycles. The van der Waals surface area contributed by atoms with E-state index in [4.69, 9.17) is 0 Å². The largest absolute Gasteiger partial charge is 0.394 e. The second-order valence-electron chi connectivity index (χ2n) is 5.44. The Bertz CT molecular complexity index is 206. The van der Waals surface area contributed by atoms with Gasteiger partial charge in [-0.3, -0.25) is 0 Å². The standard InChI is InChI=1S/C12H27N3O/c1-12(10-16,13-2)9-14(3)8-11-6-5-7-15(11)4/h11,13,16H,5-10H2,1-4H3. The molecule has 0 aromatic carbocycles. The first-order valence-electron chi connectivity index (χ1n) is 6.19. The molecule has 1 saturated heterocycles. The number of likely N-dealkylation sites (N-methyl/N-ethyl adjacent to an activating group) is 3.